The largest absolute Gasteiger partial charge is 0.495 e. The molecule has 3 nitrogen and oxygen atoms in total. The molecule has 6 heteroatoms. The number of halogens is 2. The van der Waals surface area contributed by atoms with E-state index in [1.807, 2.05) is 13.8 Å². The first-order valence-corrected chi connectivity index (χ1v) is 8.01. The van der Waals surface area contributed by atoms with Gasteiger partial charge in [-0.1, -0.05) is 19.9 Å². The Balaban J connectivity index is 2.42. The average molecular weight is 304 g/mol. The summed E-state index contributed by atoms with van der Waals surface area (Å²) in [4.78, 5) is 0.0201. The highest BCUT2D eigenvalue weighted by Crippen LogP contribution is 2.45. The second-order valence-corrected chi connectivity index (χ2v) is 7.69. The maximum absolute atomic E-state index is 12.9. The molecule has 20 heavy (non-hydrogen) atoms. The molecule has 0 heterocycles. The molecule has 0 spiro atoms. The summed E-state index contributed by atoms with van der Waals surface area (Å²) in [5, 5.41) is -1.02. The lowest BCUT2D eigenvalue weighted by atomic mass is 9.94. The number of ether oxygens (including phenoxy) is 1. The van der Waals surface area contributed by atoms with E-state index in [9.17, 15) is 17.2 Å². The summed E-state index contributed by atoms with van der Waals surface area (Å²) >= 11 is 0. The summed E-state index contributed by atoms with van der Waals surface area (Å²) in [6, 6.07) is 4.91. The molecule has 0 bridgehead atoms. The fourth-order valence-corrected chi connectivity index (χ4v) is 4.30. The summed E-state index contributed by atoms with van der Waals surface area (Å²) < 4.78 is 55.8. The molecule has 2 rings (SSSR count). The zero-order valence-electron chi connectivity index (χ0n) is 11.7. The van der Waals surface area contributed by atoms with E-state index in [1.54, 1.807) is 12.1 Å². The lowest BCUT2D eigenvalue weighted by molar-refractivity contribution is -0.0686. The van der Waals surface area contributed by atoms with E-state index in [1.165, 1.54) is 13.2 Å². The van der Waals surface area contributed by atoms with Crippen molar-refractivity contribution >= 4 is 9.84 Å². The van der Waals surface area contributed by atoms with E-state index in [2.05, 4.69) is 0 Å². The highest BCUT2D eigenvalue weighted by molar-refractivity contribution is 7.92. The third-order valence-corrected chi connectivity index (χ3v) is 5.80. The molecule has 1 aromatic rings. The molecule has 0 N–H and O–H groups in total. The van der Waals surface area contributed by atoms with Crippen LogP contribution >= 0.6 is 0 Å². The molecule has 1 aromatic carbocycles. The number of methoxy groups -OCH3 is 1. The van der Waals surface area contributed by atoms with Crippen molar-refractivity contribution in [3.8, 4) is 5.75 Å². The van der Waals surface area contributed by atoms with Gasteiger partial charge in [0.05, 0.1) is 12.4 Å². The monoisotopic (exact) mass is 304 g/mol. The zero-order chi connectivity index (χ0) is 15.1. The number of alkyl halides is 2. The van der Waals surface area contributed by atoms with E-state index in [4.69, 9.17) is 4.74 Å². The van der Waals surface area contributed by atoms with Crippen LogP contribution in [0.4, 0.5) is 8.78 Å². The van der Waals surface area contributed by atoms with Crippen molar-refractivity contribution in [2.24, 2.45) is 0 Å². The van der Waals surface area contributed by atoms with E-state index in [-0.39, 0.29) is 16.6 Å². The van der Waals surface area contributed by atoms with Gasteiger partial charge in [0.15, 0.2) is 9.84 Å². The normalized spacial score (nSPS) is 18.9. The third-order valence-electron chi connectivity index (χ3n) is 3.65. The van der Waals surface area contributed by atoms with Crippen molar-refractivity contribution in [3.05, 3.63) is 23.8 Å². The Morgan fingerprint density at radius 3 is 2.35 bits per heavy atom. The van der Waals surface area contributed by atoms with Crippen LogP contribution in [0.15, 0.2) is 23.1 Å². The Morgan fingerprint density at radius 2 is 1.90 bits per heavy atom. The first-order chi connectivity index (χ1) is 9.17. The second-order valence-electron chi connectivity index (χ2n) is 5.50. The Labute approximate surface area is 117 Å². The molecule has 0 aliphatic heterocycles. The van der Waals surface area contributed by atoms with Crippen LogP contribution in [0.1, 0.15) is 38.2 Å². The lowest BCUT2D eigenvalue weighted by Gasteiger charge is -2.34. The highest BCUT2D eigenvalue weighted by Gasteiger charge is 2.52. The van der Waals surface area contributed by atoms with Crippen molar-refractivity contribution in [2.45, 2.75) is 48.7 Å². The van der Waals surface area contributed by atoms with Gasteiger partial charge in [-0.3, -0.25) is 0 Å². The van der Waals surface area contributed by atoms with Gasteiger partial charge in [0, 0.05) is 12.8 Å². The first-order valence-electron chi connectivity index (χ1n) is 6.47. The molecule has 0 aromatic heterocycles. The summed E-state index contributed by atoms with van der Waals surface area (Å²) in [7, 11) is -2.40. The zero-order valence-corrected chi connectivity index (χ0v) is 12.5. The van der Waals surface area contributed by atoms with Crippen molar-refractivity contribution in [1.82, 2.24) is 0 Å². The summed E-state index contributed by atoms with van der Waals surface area (Å²) in [5.74, 6) is -2.50. The lowest BCUT2D eigenvalue weighted by Crippen LogP contribution is -2.44. The van der Waals surface area contributed by atoms with Gasteiger partial charge in [0.25, 0.3) is 5.92 Å². The van der Waals surface area contributed by atoms with Crippen LogP contribution in [0.3, 0.4) is 0 Å². The minimum absolute atomic E-state index is 0.0201. The third kappa shape index (κ3) is 2.66. The fraction of sp³-hybridized carbons (Fsp3) is 0.571. The van der Waals surface area contributed by atoms with Gasteiger partial charge in [-0.2, -0.15) is 0 Å². The summed E-state index contributed by atoms with van der Waals surface area (Å²) in [5.41, 5.74) is 0.843. The summed E-state index contributed by atoms with van der Waals surface area (Å²) in [6.45, 7) is 3.88. The van der Waals surface area contributed by atoms with Crippen LogP contribution in [0.25, 0.3) is 0 Å². The predicted molar refractivity (Wildman–Crippen MR) is 72.2 cm³/mol. The van der Waals surface area contributed by atoms with Gasteiger partial charge in [0.2, 0.25) is 0 Å². The molecule has 1 aliphatic rings. The predicted octanol–water partition coefficient (Wildman–Crippen LogP) is 3.39. The number of hydrogen-bond donors (Lipinski definition) is 0. The van der Waals surface area contributed by atoms with Gasteiger partial charge in [0.1, 0.15) is 10.6 Å². The van der Waals surface area contributed by atoms with Crippen molar-refractivity contribution in [2.75, 3.05) is 7.11 Å². The highest BCUT2D eigenvalue weighted by atomic mass is 32.2. The molecule has 112 valence electrons. The summed E-state index contributed by atoms with van der Waals surface area (Å²) in [6.07, 6.45) is -1.21. The van der Waals surface area contributed by atoms with Crippen molar-refractivity contribution < 1.29 is 21.9 Å². The Morgan fingerprint density at radius 1 is 1.30 bits per heavy atom. The van der Waals surface area contributed by atoms with Crippen LogP contribution in [-0.4, -0.2) is 26.7 Å². The molecule has 0 saturated heterocycles. The average Bonchev–Trinajstić information content (AvgIpc) is 2.34. The quantitative estimate of drug-likeness (QED) is 0.856. The van der Waals surface area contributed by atoms with E-state index >= 15 is 0 Å². The molecular weight excluding hydrogens is 286 g/mol. The number of hydrogen-bond acceptors (Lipinski definition) is 3. The molecule has 0 atom stereocenters. The topological polar surface area (TPSA) is 43.4 Å². The maximum atomic E-state index is 12.9. The fourth-order valence-electron chi connectivity index (χ4n) is 2.28. The number of sulfone groups is 1. The molecule has 1 aliphatic carbocycles. The number of benzene rings is 1. The SMILES string of the molecule is COc1ccc(C(C)C)cc1S(=O)(=O)C1CC(F)(F)C1. The molecular formula is C14H18F2O3S. The van der Waals surface area contributed by atoms with Crippen LogP contribution in [0, 0.1) is 0 Å². The van der Waals surface area contributed by atoms with Crippen LogP contribution in [0.2, 0.25) is 0 Å². The molecule has 0 amide bonds. The van der Waals surface area contributed by atoms with Gasteiger partial charge in [-0.25, -0.2) is 17.2 Å². The minimum Gasteiger partial charge on any atom is -0.495 e. The van der Waals surface area contributed by atoms with Gasteiger partial charge in [-0.05, 0) is 23.6 Å². The van der Waals surface area contributed by atoms with Gasteiger partial charge in [-0.15, -0.1) is 0 Å². The van der Waals surface area contributed by atoms with Crippen LogP contribution < -0.4 is 4.74 Å². The van der Waals surface area contributed by atoms with Crippen molar-refractivity contribution in [3.63, 3.8) is 0 Å². The van der Waals surface area contributed by atoms with Crippen LogP contribution in [-0.2, 0) is 9.84 Å². The molecule has 0 radical (unpaired) electrons. The van der Waals surface area contributed by atoms with Gasteiger partial charge < -0.3 is 4.74 Å². The Hall–Kier alpha value is -1.17. The first kappa shape index (κ1) is 15.2. The second kappa shape index (κ2) is 4.98. The molecule has 1 saturated carbocycles. The van der Waals surface area contributed by atoms with Crippen LogP contribution in [0.5, 0.6) is 5.75 Å². The maximum Gasteiger partial charge on any atom is 0.250 e. The minimum atomic E-state index is -3.78. The van der Waals surface area contributed by atoms with Crippen molar-refractivity contribution in [1.29, 1.82) is 0 Å². The molecule has 0 unspecified atom stereocenters. The number of rotatable bonds is 4. The van der Waals surface area contributed by atoms with E-state index < -0.39 is 33.9 Å². The Bertz CT molecular complexity index is 601. The van der Waals surface area contributed by atoms with E-state index in [0.29, 0.717) is 0 Å². The van der Waals surface area contributed by atoms with Gasteiger partial charge >= 0.3 is 0 Å². The molecule has 1 fully saturated rings. The standard InChI is InChI=1S/C14H18F2O3S/c1-9(2)10-4-5-12(19-3)13(6-10)20(17,18)11-7-14(15,16)8-11/h4-6,9,11H,7-8H2,1-3H3. The van der Waals surface area contributed by atoms with E-state index in [0.717, 1.165) is 5.56 Å². The smallest absolute Gasteiger partial charge is 0.250 e. The Kier molecular flexibility index (Phi) is 3.79.